The largest absolute Gasteiger partial charge is 0.480 e. The number of carbonyl (C=O) groups excluding carboxylic acids is 2. The minimum absolute atomic E-state index is 0.0842. The number of aromatic nitrogens is 2. The number of ether oxygens (including phenoxy) is 2. The van der Waals surface area contributed by atoms with Gasteiger partial charge in [-0.1, -0.05) is 49.0 Å². The van der Waals surface area contributed by atoms with Gasteiger partial charge in [-0.15, -0.1) is 0 Å². The van der Waals surface area contributed by atoms with Crippen molar-refractivity contribution >= 4 is 34.4 Å². The van der Waals surface area contributed by atoms with Gasteiger partial charge in [0, 0.05) is 22.4 Å². The normalized spacial score (nSPS) is 24.5. The number of amides is 2. The molecule has 10 heteroatoms. The van der Waals surface area contributed by atoms with E-state index >= 15 is 0 Å². The molecule has 0 saturated carbocycles. The molecule has 2 aliphatic heterocycles. The first-order valence-electron chi connectivity index (χ1n) is 12.3. The first-order valence-corrected chi connectivity index (χ1v) is 13.3. The Morgan fingerprint density at radius 2 is 1.87 bits per heavy atom. The molecule has 5 rings (SSSR count). The van der Waals surface area contributed by atoms with Gasteiger partial charge >= 0.3 is 0 Å². The van der Waals surface area contributed by atoms with Crippen LogP contribution in [-0.2, 0) is 10.3 Å². The molecule has 0 unspecified atom stereocenters. The summed E-state index contributed by atoms with van der Waals surface area (Å²) in [6.45, 7) is 4.65. The number of nitrogens with zero attached hydrogens (tertiary/aromatic N) is 3. The van der Waals surface area contributed by atoms with Crippen LogP contribution in [0.3, 0.4) is 0 Å². The maximum atomic E-state index is 12.9. The molecule has 1 aromatic heterocycles. The molecule has 1 saturated heterocycles. The number of amidine groups is 1. The van der Waals surface area contributed by atoms with E-state index in [1.807, 2.05) is 42.5 Å². The molecule has 9 nitrogen and oxygen atoms in total. The van der Waals surface area contributed by atoms with Crippen LogP contribution in [0.4, 0.5) is 5.69 Å². The summed E-state index contributed by atoms with van der Waals surface area (Å²) in [6, 6.07) is 16.7. The standard InChI is InChI=1S/C28H29N5O4S/c1-18-13-27(2)17-38-26(32-24(34)19-8-5-4-6-9-19)33-28(27,16-37-18)20-10-7-11-21(12-20)31-25(35)22-14-30-23(36-3)15-29-22/h4-12,14-15,18H,13,16-17H2,1-3H3,(H,31,35)(H,32,33,34)/t18-,27-,28+/m0/s1. The molecule has 196 valence electrons. The Bertz CT molecular complexity index is 1370. The summed E-state index contributed by atoms with van der Waals surface area (Å²) >= 11 is 1.55. The molecule has 2 aromatic carbocycles. The highest BCUT2D eigenvalue weighted by atomic mass is 32.2. The monoisotopic (exact) mass is 531 g/mol. The highest BCUT2D eigenvalue weighted by molar-refractivity contribution is 8.14. The van der Waals surface area contributed by atoms with E-state index in [0.717, 1.165) is 17.7 Å². The zero-order valence-electron chi connectivity index (χ0n) is 21.4. The van der Waals surface area contributed by atoms with E-state index in [4.69, 9.17) is 14.5 Å². The number of carbonyl (C=O) groups is 2. The first-order chi connectivity index (χ1) is 18.3. The van der Waals surface area contributed by atoms with E-state index in [2.05, 4.69) is 34.4 Å². The second-order valence-corrected chi connectivity index (χ2v) is 10.7. The summed E-state index contributed by atoms with van der Waals surface area (Å²) in [7, 11) is 1.49. The summed E-state index contributed by atoms with van der Waals surface area (Å²) in [4.78, 5) is 39.1. The van der Waals surface area contributed by atoms with Crippen LogP contribution in [0, 0.1) is 5.41 Å². The number of anilines is 1. The number of nitrogens with one attached hydrogen (secondary N) is 2. The van der Waals surface area contributed by atoms with Crippen LogP contribution in [0.5, 0.6) is 5.88 Å². The van der Waals surface area contributed by atoms with Crippen molar-refractivity contribution in [3.8, 4) is 5.88 Å². The van der Waals surface area contributed by atoms with Gasteiger partial charge in [0.15, 0.2) is 5.17 Å². The molecule has 0 aliphatic carbocycles. The Hall–Kier alpha value is -3.76. The van der Waals surface area contributed by atoms with Crippen LogP contribution in [0.25, 0.3) is 0 Å². The van der Waals surface area contributed by atoms with Crippen LogP contribution in [-0.4, -0.2) is 52.5 Å². The maximum absolute atomic E-state index is 12.9. The molecule has 38 heavy (non-hydrogen) atoms. The van der Waals surface area contributed by atoms with Gasteiger partial charge in [0.25, 0.3) is 11.8 Å². The predicted molar refractivity (Wildman–Crippen MR) is 147 cm³/mol. The average molecular weight is 532 g/mol. The molecule has 2 aliphatic rings. The third-order valence-electron chi connectivity index (χ3n) is 7.06. The Kier molecular flexibility index (Phi) is 7.18. The molecule has 3 aromatic rings. The SMILES string of the molecule is COc1cnc(C(=O)Nc2cccc([C@]34CO[C@@H](C)C[C@@]3(C)CSC(NC(=O)c3ccccc3)=N4)c2)cn1. The molecular weight excluding hydrogens is 502 g/mol. The highest BCUT2D eigenvalue weighted by Gasteiger charge is 2.55. The Labute approximate surface area is 225 Å². The minimum atomic E-state index is -0.745. The van der Waals surface area contributed by atoms with Gasteiger partial charge < -0.3 is 20.1 Å². The highest BCUT2D eigenvalue weighted by Crippen LogP contribution is 2.54. The van der Waals surface area contributed by atoms with Crippen molar-refractivity contribution in [2.45, 2.75) is 31.9 Å². The van der Waals surface area contributed by atoms with Crippen LogP contribution >= 0.6 is 11.8 Å². The number of methoxy groups -OCH3 is 1. The lowest BCUT2D eigenvalue weighted by atomic mass is 9.64. The molecule has 0 spiro atoms. The van der Waals surface area contributed by atoms with Gasteiger partial charge in [-0.3, -0.25) is 9.59 Å². The number of aliphatic imine (C=N–C) groups is 1. The fraction of sp³-hybridized carbons (Fsp3) is 0.321. The third-order valence-corrected chi connectivity index (χ3v) is 8.31. The van der Waals surface area contributed by atoms with Gasteiger partial charge in [-0.2, -0.15) is 0 Å². The summed E-state index contributed by atoms with van der Waals surface area (Å²) in [5.74, 6) is 0.496. The van der Waals surface area contributed by atoms with Crippen LogP contribution in [0.2, 0.25) is 0 Å². The molecule has 0 radical (unpaired) electrons. The van der Waals surface area contributed by atoms with Gasteiger partial charge in [-0.05, 0) is 43.2 Å². The van der Waals surface area contributed by atoms with Crippen molar-refractivity contribution in [1.82, 2.24) is 15.3 Å². The molecule has 2 N–H and O–H groups in total. The molecule has 0 bridgehead atoms. The first kappa shape index (κ1) is 25.9. The Morgan fingerprint density at radius 3 is 2.61 bits per heavy atom. The van der Waals surface area contributed by atoms with Crippen molar-refractivity contribution in [3.63, 3.8) is 0 Å². The predicted octanol–water partition coefficient (Wildman–Crippen LogP) is 4.28. The summed E-state index contributed by atoms with van der Waals surface area (Å²) < 4.78 is 11.2. The van der Waals surface area contributed by atoms with Gasteiger partial charge in [0.2, 0.25) is 5.88 Å². The van der Waals surface area contributed by atoms with Crippen LogP contribution < -0.4 is 15.4 Å². The number of rotatable bonds is 5. The molecule has 2 amide bonds. The van der Waals surface area contributed by atoms with Crippen molar-refractivity contribution < 1.29 is 19.1 Å². The number of benzene rings is 2. The zero-order chi connectivity index (χ0) is 26.8. The number of hydrogen-bond donors (Lipinski definition) is 2. The molecule has 3 heterocycles. The lowest BCUT2D eigenvalue weighted by Crippen LogP contribution is -2.56. The molecular formula is C28H29N5O4S. The number of fused-ring (bicyclic) bond motifs is 1. The zero-order valence-corrected chi connectivity index (χ0v) is 22.2. The van der Waals surface area contributed by atoms with Gasteiger partial charge in [-0.25, -0.2) is 15.0 Å². The van der Waals surface area contributed by atoms with E-state index in [0.29, 0.717) is 28.9 Å². The van der Waals surface area contributed by atoms with Crippen LogP contribution in [0.15, 0.2) is 72.0 Å². The van der Waals surface area contributed by atoms with Crippen molar-refractivity contribution in [3.05, 3.63) is 83.8 Å². The summed E-state index contributed by atoms with van der Waals surface area (Å²) in [6.07, 6.45) is 3.66. The van der Waals surface area contributed by atoms with Crippen molar-refractivity contribution in [2.24, 2.45) is 10.4 Å². The topological polar surface area (TPSA) is 115 Å². The van der Waals surface area contributed by atoms with E-state index < -0.39 is 5.54 Å². The van der Waals surface area contributed by atoms with Crippen LogP contribution in [0.1, 0.15) is 46.7 Å². The quantitative estimate of drug-likeness (QED) is 0.505. The van der Waals surface area contributed by atoms with E-state index in [1.54, 1.807) is 23.9 Å². The molecule has 1 fully saturated rings. The summed E-state index contributed by atoms with van der Waals surface area (Å²) in [5.41, 5.74) is 1.26. The summed E-state index contributed by atoms with van der Waals surface area (Å²) in [5, 5.41) is 6.45. The lowest BCUT2D eigenvalue weighted by molar-refractivity contribution is -0.0862. The third kappa shape index (κ3) is 5.01. The second-order valence-electron chi connectivity index (χ2n) is 9.75. The molecule has 3 atom stereocenters. The van der Waals surface area contributed by atoms with Gasteiger partial charge in [0.1, 0.15) is 11.2 Å². The fourth-order valence-electron chi connectivity index (χ4n) is 4.99. The maximum Gasteiger partial charge on any atom is 0.275 e. The minimum Gasteiger partial charge on any atom is -0.480 e. The Morgan fingerprint density at radius 1 is 1.05 bits per heavy atom. The number of thioether (sulfide) groups is 1. The van der Waals surface area contributed by atoms with Gasteiger partial charge in [0.05, 0.1) is 32.2 Å². The Balaban J connectivity index is 1.46. The average Bonchev–Trinajstić information content (AvgIpc) is 2.94. The number of hydrogen-bond acceptors (Lipinski definition) is 8. The second kappa shape index (κ2) is 10.5. The van der Waals surface area contributed by atoms with E-state index in [-0.39, 0.29) is 29.0 Å². The van der Waals surface area contributed by atoms with E-state index in [9.17, 15) is 9.59 Å². The van der Waals surface area contributed by atoms with E-state index in [1.165, 1.54) is 19.5 Å². The van der Waals surface area contributed by atoms with Crippen molar-refractivity contribution in [2.75, 3.05) is 24.8 Å². The smallest absolute Gasteiger partial charge is 0.275 e. The fourth-order valence-corrected chi connectivity index (χ4v) is 6.18. The lowest BCUT2D eigenvalue weighted by Gasteiger charge is -2.53. The van der Waals surface area contributed by atoms with Crippen molar-refractivity contribution in [1.29, 1.82) is 0 Å².